The van der Waals surface area contributed by atoms with Gasteiger partial charge in [0.15, 0.2) is 23.0 Å². The molecule has 0 bridgehead atoms. The summed E-state index contributed by atoms with van der Waals surface area (Å²) in [4.78, 5) is 14.6. The van der Waals surface area contributed by atoms with Gasteiger partial charge in [0.2, 0.25) is 0 Å². The molecular formula is C13H16BrFN6O4. The fourth-order valence-electron chi connectivity index (χ4n) is 1.91. The smallest absolute Gasteiger partial charge is 0.197 e. The van der Waals surface area contributed by atoms with Gasteiger partial charge in [-0.1, -0.05) is 5.48 Å². The first-order chi connectivity index (χ1) is 12.2. The molecule has 0 amide bonds. The number of hydrogen-bond acceptors (Lipinski definition) is 10. The lowest BCUT2D eigenvalue weighted by molar-refractivity contribution is 0.0213. The van der Waals surface area contributed by atoms with Crippen LogP contribution in [0.5, 0.6) is 0 Å². The van der Waals surface area contributed by atoms with Gasteiger partial charge in [-0.05, 0) is 50.9 Å². The highest BCUT2D eigenvalue weighted by atomic mass is 79.9. The highest BCUT2D eigenvalue weighted by Crippen LogP contribution is 2.25. The molecule has 2 aromatic rings. The van der Waals surface area contributed by atoms with E-state index in [1.165, 1.54) is 18.2 Å². The lowest BCUT2D eigenvalue weighted by Gasteiger charge is -2.17. The molecule has 10 nitrogen and oxygen atoms in total. The first-order valence-electron chi connectivity index (χ1n) is 7.16. The minimum Gasteiger partial charge on any atom is -0.385 e. The van der Waals surface area contributed by atoms with Crippen LogP contribution in [0.1, 0.15) is 18.3 Å². The van der Waals surface area contributed by atoms with Gasteiger partial charge in [-0.2, -0.15) is 0 Å². The van der Waals surface area contributed by atoms with Crippen LogP contribution < -0.4 is 16.1 Å². The summed E-state index contributed by atoms with van der Waals surface area (Å²) in [5.41, 5.74) is 3.18. The van der Waals surface area contributed by atoms with Crippen molar-refractivity contribution in [1.82, 2.24) is 15.8 Å². The molecule has 0 aliphatic rings. The number of hydroxylamine groups is 1. The van der Waals surface area contributed by atoms with Crippen LogP contribution in [0.2, 0.25) is 0 Å². The molecular weight excluding hydrogens is 403 g/mol. The van der Waals surface area contributed by atoms with Gasteiger partial charge in [-0.3, -0.25) is 4.94 Å². The highest BCUT2D eigenvalue weighted by Gasteiger charge is 2.22. The van der Waals surface area contributed by atoms with Crippen molar-refractivity contribution in [2.75, 3.05) is 30.9 Å². The minimum atomic E-state index is -0.841. The van der Waals surface area contributed by atoms with E-state index in [1.807, 2.05) is 0 Å². The third-order valence-corrected chi connectivity index (χ3v) is 3.65. The maximum Gasteiger partial charge on any atom is 0.197 e. The van der Waals surface area contributed by atoms with Gasteiger partial charge in [0, 0.05) is 25.9 Å². The number of halogens is 2. The summed E-state index contributed by atoms with van der Waals surface area (Å²) in [6, 6.07) is 4.28. The van der Waals surface area contributed by atoms with Gasteiger partial charge in [0.05, 0.1) is 4.47 Å². The van der Waals surface area contributed by atoms with Crippen LogP contribution >= 0.6 is 15.9 Å². The number of nitrogens with zero attached hydrogens (tertiary/aromatic N) is 3. The first-order valence-corrected chi connectivity index (χ1v) is 7.96. The fraction of sp³-hybridized carbons (Fsp3) is 0.385. The Morgan fingerprint density at radius 2 is 2.28 bits per heavy atom. The molecule has 1 aromatic carbocycles. The molecule has 1 atom stereocenters. The van der Waals surface area contributed by atoms with E-state index in [-0.39, 0.29) is 4.47 Å². The van der Waals surface area contributed by atoms with Crippen LogP contribution in [-0.4, -0.2) is 30.6 Å². The second kappa shape index (κ2) is 9.86. The zero-order valence-electron chi connectivity index (χ0n) is 13.2. The van der Waals surface area contributed by atoms with E-state index in [0.29, 0.717) is 30.4 Å². The maximum atomic E-state index is 13.3. The van der Waals surface area contributed by atoms with Gasteiger partial charge in [-0.25, -0.2) is 9.02 Å². The SMILES string of the molecule is COCCCNc1nonc1C(NON=O)Nc1ccc(F)c(Br)c1. The number of methoxy groups -OCH3 is 1. The maximum absolute atomic E-state index is 13.3. The Morgan fingerprint density at radius 1 is 1.44 bits per heavy atom. The van der Waals surface area contributed by atoms with E-state index in [1.54, 1.807) is 7.11 Å². The van der Waals surface area contributed by atoms with Crippen molar-refractivity contribution in [2.24, 2.45) is 5.34 Å². The molecule has 1 aromatic heterocycles. The van der Waals surface area contributed by atoms with Crippen molar-refractivity contribution in [3.8, 4) is 0 Å². The Kier molecular flexibility index (Phi) is 7.50. The number of benzene rings is 1. The van der Waals surface area contributed by atoms with Crippen molar-refractivity contribution in [3.05, 3.63) is 39.1 Å². The monoisotopic (exact) mass is 418 g/mol. The average Bonchev–Trinajstić information content (AvgIpc) is 3.07. The molecule has 136 valence electrons. The van der Waals surface area contributed by atoms with E-state index in [0.717, 1.165) is 6.42 Å². The zero-order chi connectivity index (χ0) is 18.1. The number of ether oxygens (including phenoxy) is 1. The van der Waals surface area contributed by atoms with Gasteiger partial charge in [0.1, 0.15) is 5.82 Å². The normalized spacial score (nSPS) is 11.8. The summed E-state index contributed by atoms with van der Waals surface area (Å²) in [7, 11) is 1.61. The van der Waals surface area contributed by atoms with Gasteiger partial charge >= 0.3 is 0 Å². The summed E-state index contributed by atoms with van der Waals surface area (Å²) in [5.74, 6) is -0.0683. The van der Waals surface area contributed by atoms with E-state index in [2.05, 4.69) is 52.6 Å². The predicted octanol–water partition coefficient (Wildman–Crippen LogP) is 2.73. The lowest BCUT2D eigenvalue weighted by Crippen LogP contribution is -2.28. The summed E-state index contributed by atoms with van der Waals surface area (Å²) in [5, 5.41) is 15.8. The molecule has 3 N–H and O–H groups in total. The molecule has 0 aliphatic carbocycles. The average molecular weight is 419 g/mol. The number of anilines is 2. The van der Waals surface area contributed by atoms with Crippen molar-refractivity contribution in [2.45, 2.75) is 12.6 Å². The predicted molar refractivity (Wildman–Crippen MR) is 89.8 cm³/mol. The molecule has 0 fully saturated rings. The molecule has 0 saturated carbocycles. The quantitative estimate of drug-likeness (QED) is 0.218. The second-order valence-corrected chi connectivity index (χ2v) is 5.62. The molecule has 0 saturated heterocycles. The number of hydrogen-bond donors (Lipinski definition) is 3. The van der Waals surface area contributed by atoms with E-state index in [4.69, 9.17) is 9.37 Å². The summed E-state index contributed by atoms with van der Waals surface area (Å²) >= 11 is 3.09. The molecule has 1 heterocycles. The highest BCUT2D eigenvalue weighted by molar-refractivity contribution is 9.10. The van der Waals surface area contributed by atoms with Crippen LogP contribution in [0.4, 0.5) is 15.9 Å². The number of nitrogens with one attached hydrogen (secondary N) is 3. The summed E-state index contributed by atoms with van der Waals surface area (Å²) < 4.78 is 23.3. The third-order valence-electron chi connectivity index (χ3n) is 3.04. The zero-order valence-corrected chi connectivity index (χ0v) is 14.7. The Labute approximate surface area is 150 Å². The standard InChI is InChI=1S/C13H16BrFN6O4/c1-23-6-2-5-16-12-11(18-24-19-12)13(20-25-21-22)17-8-3-4-10(15)9(14)7-8/h3-4,7,13,17,20H,2,5-6H2,1H3,(H,16,19). The van der Waals surface area contributed by atoms with Crippen molar-refractivity contribution < 1.29 is 18.7 Å². The Bertz CT molecular complexity index is 688. The topological polar surface area (TPSA) is 123 Å². The molecule has 0 spiro atoms. The van der Waals surface area contributed by atoms with Crippen LogP contribution in [0.15, 0.2) is 32.6 Å². The van der Waals surface area contributed by atoms with Crippen molar-refractivity contribution in [1.29, 1.82) is 0 Å². The van der Waals surface area contributed by atoms with Crippen molar-refractivity contribution in [3.63, 3.8) is 0 Å². The van der Waals surface area contributed by atoms with Gasteiger partial charge in [0.25, 0.3) is 0 Å². The summed E-state index contributed by atoms with van der Waals surface area (Å²) in [6.45, 7) is 1.14. The molecule has 2 rings (SSSR count). The minimum absolute atomic E-state index is 0.266. The Balaban J connectivity index is 2.12. The van der Waals surface area contributed by atoms with E-state index >= 15 is 0 Å². The van der Waals surface area contributed by atoms with E-state index < -0.39 is 12.0 Å². The van der Waals surface area contributed by atoms with Crippen LogP contribution in [0, 0.1) is 10.7 Å². The molecule has 1 unspecified atom stereocenters. The number of rotatable bonds is 11. The second-order valence-electron chi connectivity index (χ2n) is 4.76. The Morgan fingerprint density at radius 3 is 3.00 bits per heavy atom. The fourth-order valence-corrected chi connectivity index (χ4v) is 2.29. The largest absolute Gasteiger partial charge is 0.385 e. The van der Waals surface area contributed by atoms with Crippen LogP contribution in [-0.2, 0) is 9.68 Å². The molecule has 0 radical (unpaired) electrons. The van der Waals surface area contributed by atoms with Crippen molar-refractivity contribution >= 4 is 27.4 Å². The molecule has 25 heavy (non-hydrogen) atoms. The first kappa shape index (κ1) is 19.0. The van der Waals surface area contributed by atoms with Crippen LogP contribution in [0.3, 0.4) is 0 Å². The van der Waals surface area contributed by atoms with Gasteiger partial charge in [-0.15, -0.1) is 4.91 Å². The van der Waals surface area contributed by atoms with E-state index in [9.17, 15) is 9.30 Å². The molecule has 12 heteroatoms. The lowest BCUT2D eigenvalue weighted by atomic mass is 10.2. The van der Waals surface area contributed by atoms with Gasteiger partial charge < -0.3 is 15.4 Å². The van der Waals surface area contributed by atoms with Crippen LogP contribution in [0.25, 0.3) is 0 Å². The Hall–Kier alpha value is -2.31. The third kappa shape index (κ3) is 5.62. The summed E-state index contributed by atoms with van der Waals surface area (Å²) in [6.07, 6.45) is -0.0998. The molecule has 0 aliphatic heterocycles. The number of aromatic nitrogens is 2.